The highest BCUT2D eigenvalue weighted by atomic mass is 32.2. The Labute approximate surface area is 127 Å². The molecule has 0 aromatic heterocycles. The van der Waals surface area contributed by atoms with E-state index in [9.17, 15) is 13.2 Å². The van der Waals surface area contributed by atoms with Crippen molar-refractivity contribution in [2.24, 2.45) is 5.73 Å². The van der Waals surface area contributed by atoms with Crippen LogP contribution in [-0.2, 0) is 10.1 Å². The zero-order valence-corrected chi connectivity index (χ0v) is 12.5. The van der Waals surface area contributed by atoms with Crippen molar-refractivity contribution in [3.8, 4) is 11.5 Å². The summed E-state index contributed by atoms with van der Waals surface area (Å²) in [6, 6.07) is 10.9. The lowest BCUT2D eigenvalue weighted by Crippen LogP contribution is -2.19. The molecule has 0 bridgehead atoms. The van der Waals surface area contributed by atoms with Crippen LogP contribution < -0.4 is 20.0 Å². The third-order valence-electron chi connectivity index (χ3n) is 2.66. The molecule has 7 nitrogen and oxygen atoms in total. The number of hydrogen-bond donors (Lipinski definition) is 2. The van der Waals surface area contributed by atoms with Gasteiger partial charge in [-0.15, -0.1) is 0 Å². The van der Waals surface area contributed by atoms with Crippen LogP contribution in [0.2, 0.25) is 0 Å². The molecule has 0 saturated carbocycles. The third-order valence-corrected chi connectivity index (χ3v) is 3.92. The molecule has 0 aliphatic heterocycles. The first-order valence-electron chi connectivity index (χ1n) is 6.16. The predicted molar refractivity (Wildman–Crippen MR) is 80.5 cm³/mol. The minimum atomic E-state index is -3.98. The summed E-state index contributed by atoms with van der Waals surface area (Å²) < 4.78 is 34.3. The van der Waals surface area contributed by atoms with Gasteiger partial charge >= 0.3 is 16.1 Å². The molecule has 3 N–H and O–H groups in total. The standard InChI is InChI=1S/C14H14N2O5S/c1-20-11-5-7-13(8-6-11)22(18,19)21-12-4-2-3-10(9-12)16-14(15)17/h2-9H,1H3,(H3,15,16,17). The number of carbonyl (C=O) groups excluding carboxylic acids is 1. The van der Waals surface area contributed by atoms with Crippen molar-refractivity contribution in [3.05, 3.63) is 48.5 Å². The second-order valence-corrected chi connectivity index (χ2v) is 5.78. The summed E-state index contributed by atoms with van der Waals surface area (Å²) in [5.41, 5.74) is 5.33. The van der Waals surface area contributed by atoms with Crippen LogP contribution in [0.25, 0.3) is 0 Å². The van der Waals surface area contributed by atoms with Crippen molar-refractivity contribution in [3.63, 3.8) is 0 Å². The van der Waals surface area contributed by atoms with E-state index in [0.29, 0.717) is 11.4 Å². The van der Waals surface area contributed by atoms with Crippen molar-refractivity contribution in [2.75, 3.05) is 12.4 Å². The molecule has 0 aliphatic rings. The SMILES string of the molecule is COc1ccc(S(=O)(=O)Oc2cccc(NC(N)=O)c2)cc1. The lowest BCUT2D eigenvalue weighted by atomic mass is 10.3. The normalized spacial score (nSPS) is 10.8. The summed E-state index contributed by atoms with van der Waals surface area (Å²) in [6.07, 6.45) is 0. The molecular formula is C14H14N2O5S. The number of primary amides is 1. The number of ether oxygens (including phenoxy) is 1. The number of benzene rings is 2. The number of carbonyl (C=O) groups is 1. The Morgan fingerprint density at radius 3 is 2.36 bits per heavy atom. The van der Waals surface area contributed by atoms with E-state index < -0.39 is 16.1 Å². The molecule has 116 valence electrons. The highest BCUT2D eigenvalue weighted by Crippen LogP contribution is 2.23. The van der Waals surface area contributed by atoms with Crippen LogP contribution in [-0.4, -0.2) is 21.6 Å². The summed E-state index contributed by atoms with van der Waals surface area (Å²) in [7, 11) is -2.50. The molecule has 2 amide bonds. The first kappa shape index (κ1) is 15.6. The van der Waals surface area contributed by atoms with Gasteiger partial charge in [0, 0.05) is 11.8 Å². The van der Waals surface area contributed by atoms with Gasteiger partial charge in [-0.1, -0.05) is 6.07 Å². The number of hydrogen-bond acceptors (Lipinski definition) is 5. The molecule has 8 heteroatoms. The monoisotopic (exact) mass is 322 g/mol. The summed E-state index contributed by atoms with van der Waals surface area (Å²) in [5, 5.41) is 2.33. The van der Waals surface area contributed by atoms with E-state index in [2.05, 4.69) is 5.32 Å². The zero-order valence-electron chi connectivity index (χ0n) is 11.6. The number of nitrogens with two attached hydrogens (primary N) is 1. The smallest absolute Gasteiger partial charge is 0.339 e. The number of nitrogens with one attached hydrogen (secondary N) is 1. The number of urea groups is 1. The Balaban J connectivity index is 2.22. The Hall–Kier alpha value is -2.74. The molecule has 0 spiro atoms. The van der Waals surface area contributed by atoms with Crippen LogP contribution in [0.4, 0.5) is 10.5 Å². The molecule has 2 rings (SSSR count). The molecule has 0 aliphatic carbocycles. The highest BCUT2D eigenvalue weighted by Gasteiger charge is 2.17. The van der Waals surface area contributed by atoms with Gasteiger partial charge in [0.15, 0.2) is 0 Å². The van der Waals surface area contributed by atoms with Gasteiger partial charge in [-0.25, -0.2) is 4.79 Å². The Bertz CT molecular complexity index is 772. The molecule has 0 radical (unpaired) electrons. The van der Waals surface area contributed by atoms with Gasteiger partial charge in [-0.2, -0.15) is 8.42 Å². The minimum Gasteiger partial charge on any atom is -0.497 e. The summed E-state index contributed by atoms with van der Waals surface area (Å²) >= 11 is 0. The molecule has 0 saturated heterocycles. The average Bonchev–Trinajstić information content (AvgIpc) is 2.46. The van der Waals surface area contributed by atoms with E-state index >= 15 is 0 Å². The lowest BCUT2D eigenvalue weighted by molar-refractivity contribution is 0.259. The quantitative estimate of drug-likeness (QED) is 0.818. The van der Waals surface area contributed by atoms with Crippen molar-refractivity contribution in [1.29, 1.82) is 0 Å². The molecule has 0 unspecified atom stereocenters. The maximum absolute atomic E-state index is 12.2. The second-order valence-electron chi connectivity index (χ2n) is 4.23. The maximum Gasteiger partial charge on any atom is 0.339 e. The van der Waals surface area contributed by atoms with Crippen LogP contribution >= 0.6 is 0 Å². The van der Waals surface area contributed by atoms with Gasteiger partial charge in [-0.05, 0) is 36.4 Å². The first-order chi connectivity index (χ1) is 10.4. The lowest BCUT2D eigenvalue weighted by Gasteiger charge is -2.09. The number of rotatable bonds is 5. The van der Waals surface area contributed by atoms with E-state index in [1.807, 2.05) is 0 Å². The van der Waals surface area contributed by atoms with Gasteiger partial charge in [0.2, 0.25) is 0 Å². The minimum absolute atomic E-state index is 0.0124. The molecule has 0 atom stereocenters. The van der Waals surface area contributed by atoms with Crippen molar-refractivity contribution in [2.45, 2.75) is 4.90 Å². The van der Waals surface area contributed by atoms with Crippen molar-refractivity contribution < 1.29 is 22.1 Å². The van der Waals surface area contributed by atoms with E-state index in [-0.39, 0.29) is 10.6 Å². The van der Waals surface area contributed by atoms with Crippen LogP contribution in [0, 0.1) is 0 Å². The van der Waals surface area contributed by atoms with Gasteiger partial charge in [0.1, 0.15) is 16.4 Å². The molecule has 22 heavy (non-hydrogen) atoms. The third kappa shape index (κ3) is 3.89. The molecule has 0 fully saturated rings. The highest BCUT2D eigenvalue weighted by molar-refractivity contribution is 7.87. The van der Waals surface area contributed by atoms with Gasteiger partial charge < -0.3 is 20.0 Å². The van der Waals surface area contributed by atoms with Gasteiger partial charge in [0.25, 0.3) is 0 Å². The number of methoxy groups -OCH3 is 1. The topological polar surface area (TPSA) is 108 Å². The van der Waals surface area contributed by atoms with Gasteiger partial charge in [-0.3, -0.25) is 0 Å². The van der Waals surface area contributed by atoms with Crippen LogP contribution in [0.1, 0.15) is 0 Å². The molecular weight excluding hydrogens is 308 g/mol. The zero-order chi connectivity index (χ0) is 16.2. The average molecular weight is 322 g/mol. The van der Waals surface area contributed by atoms with E-state index in [4.69, 9.17) is 14.7 Å². The second kappa shape index (κ2) is 6.35. The summed E-state index contributed by atoms with van der Waals surface area (Å²) in [5.74, 6) is 0.591. The fourth-order valence-corrected chi connectivity index (χ4v) is 2.61. The fourth-order valence-electron chi connectivity index (χ4n) is 1.69. The van der Waals surface area contributed by atoms with E-state index in [1.165, 1.54) is 49.6 Å². The van der Waals surface area contributed by atoms with Crippen LogP contribution in [0.15, 0.2) is 53.4 Å². The first-order valence-corrected chi connectivity index (χ1v) is 7.56. The summed E-state index contributed by atoms with van der Waals surface area (Å²) in [4.78, 5) is 10.8. The molecule has 2 aromatic carbocycles. The van der Waals surface area contributed by atoms with Crippen molar-refractivity contribution in [1.82, 2.24) is 0 Å². The van der Waals surface area contributed by atoms with E-state index in [0.717, 1.165) is 0 Å². The largest absolute Gasteiger partial charge is 0.497 e. The Kier molecular flexibility index (Phi) is 4.52. The number of amides is 2. The van der Waals surface area contributed by atoms with Crippen LogP contribution in [0.3, 0.4) is 0 Å². The maximum atomic E-state index is 12.2. The van der Waals surface area contributed by atoms with Crippen molar-refractivity contribution >= 4 is 21.8 Å². The van der Waals surface area contributed by atoms with Crippen LogP contribution in [0.5, 0.6) is 11.5 Å². The number of anilines is 1. The molecule has 2 aromatic rings. The summed E-state index contributed by atoms with van der Waals surface area (Å²) in [6.45, 7) is 0. The Morgan fingerprint density at radius 1 is 1.09 bits per heavy atom. The predicted octanol–water partition coefficient (Wildman–Crippen LogP) is 1.95. The van der Waals surface area contributed by atoms with E-state index in [1.54, 1.807) is 6.07 Å². The molecule has 0 heterocycles. The van der Waals surface area contributed by atoms with Gasteiger partial charge in [0.05, 0.1) is 7.11 Å². The fraction of sp³-hybridized carbons (Fsp3) is 0.0714. The Morgan fingerprint density at radius 2 is 1.77 bits per heavy atom.